The SMILES string of the molecule is O=C(O)[C@H]1NNC[C@H](O)[C@H]1O. The van der Waals surface area contributed by atoms with Crippen molar-refractivity contribution < 1.29 is 20.1 Å². The van der Waals surface area contributed by atoms with Gasteiger partial charge in [0, 0.05) is 6.54 Å². The predicted molar refractivity (Wildman–Crippen MR) is 34.6 cm³/mol. The summed E-state index contributed by atoms with van der Waals surface area (Å²) in [6.07, 6.45) is -2.29. The van der Waals surface area contributed by atoms with E-state index in [1.54, 1.807) is 0 Å². The van der Waals surface area contributed by atoms with Gasteiger partial charge in [0.1, 0.15) is 12.1 Å². The molecule has 6 heteroatoms. The largest absolute Gasteiger partial charge is 0.480 e. The molecular weight excluding hydrogens is 152 g/mol. The van der Waals surface area contributed by atoms with Gasteiger partial charge in [0.25, 0.3) is 0 Å². The maximum Gasteiger partial charge on any atom is 0.324 e. The summed E-state index contributed by atoms with van der Waals surface area (Å²) >= 11 is 0. The highest BCUT2D eigenvalue weighted by Crippen LogP contribution is 2.02. The summed E-state index contributed by atoms with van der Waals surface area (Å²) in [7, 11) is 0. The number of aliphatic hydroxyl groups excluding tert-OH is 2. The minimum Gasteiger partial charge on any atom is -0.480 e. The first kappa shape index (κ1) is 8.41. The molecule has 6 nitrogen and oxygen atoms in total. The van der Waals surface area contributed by atoms with Gasteiger partial charge in [-0.1, -0.05) is 0 Å². The summed E-state index contributed by atoms with van der Waals surface area (Å²) < 4.78 is 0. The Morgan fingerprint density at radius 2 is 2.09 bits per heavy atom. The summed E-state index contributed by atoms with van der Waals surface area (Å²) in [5, 5.41) is 26.5. The monoisotopic (exact) mass is 162 g/mol. The zero-order valence-electron chi connectivity index (χ0n) is 5.69. The minimum absolute atomic E-state index is 0.144. The highest BCUT2D eigenvalue weighted by atomic mass is 16.4. The number of β-amino-alcohol motifs (C(OH)–C–C–N with tert-alkyl or cyclic N) is 1. The fourth-order valence-electron chi connectivity index (χ4n) is 0.910. The fraction of sp³-hybridized carbons (Fsp3) is 0.800. The molecule has 0 bridgehead atoms. The third kappa shape index (κ3) is 1.66. The number of aliphatic hydroxyl groups is 2. The van der Waals surface area contributed by atoms with Crippen LogP contribution in [0.1, 0.15) is 0 Å². The van der Waals surface area contributed by atoms with Crippen molar-refractivity contribution in [1.29, 1.82) is 0 Å². The number of carboxylic acid groups (broad SMARTS) is 1. The molecule has 0 amide bonds. The molecule has 0 aromatic heterocycles. The van der Waals surface area contributed by atoms with Crippen molar-refractivity contribution in [2.45, 2.75) is 18.2 Å². The van der Waals surface area contributed by atoms with Gasteiger partial charge in [-0.2, -0.15) is 0 Å². The second kappa shape index (κ2) is 3.14. The topological polar surface area (TPSA) is 102 Å². The lowest BCUT2D eigenvalue weighted by atomic mass is 10.0. The van der Waals surface area contributed by atoms with E-state index in [0.717, 1.165) is 0 Å². The Morgan fingerprint density at radius 1 is 1.45 bits per heavy atom. The van der Waals surface area contributed by atoms with Gasteiger partial charge in [-0.05, 0) is 0 Å². The van der Waals surface area contributed by atoms with Crippen LogP contribution in [0, 0.1) is 0 Å². The van der Waals surface area contributed by atoms with Crippen molar-refractivity contribution in [1.82, 2.24) is 10.9 Å². The Bertz CT molecular complexity index is 163. The highest BCUT2D eigenvalue weighted by molar-refractivity contribution is 5.74. The molecule has 0 radical (unpaired) electrons. The van der Waals surface area contributed by atoms with Crippen molar-refractivity contribution in [2.24, 2.45) is 0 Å². The van der Waals surface area contributed by atoms with Gasteiger partial charge in [0.2, 0.25) is 0 Å². The van der Waals surface area contributed by atoms with Crippen LogP contribution in [-0.2, 0) is 4.79 Å². The number of carboxylic acids is 1. The third-order valence-corrected chi connectivity index (χ3v) is 1.57. The molecule has 0 aromatic rings. The second-order valence-corrected chi connectivity index (χ2v) is 2.40. The van der Waals surface area contributed by atoms with Crippen LogP contribution >= 0.6 is 0 Å². The predicted octanol–water partition coefficient (Wildman–Crippen LogP) is -2.73. The van der Waals surface area contributed by atoms with Crippen LogP contribution in [0.2, 0.25) is 0 Å². The molecule has 0 unspecified atom stereocenters. The van der Waals surface area contributed by atoms with Gasteiger partial charge in [-0.15, -0.1) is 0 Å². The van der Waals surface area contributed by atoms with Gasteiger partial charge >= 0.3 is 5.97 Å². The molecule has 1 aliphatic rings. The van der Waals surface area contributed by atoms with E-state index in [1.165, 1.54) is 0 Å². The molecule has 64 valence electrons. The van der Waals surface area contributed by atoms with Crippen LogP contribution in [0.25, 0.3) is 0 Å². The molecule has 5 N–H and O–H groups in total. The van der Waals surface area contributed by atoms with E-state index in [-0.39, 0.29) is 6.54 Å². The molecule has 1 heterocycles. The quantitative estimate of drug-likeness (QED) is 0.287. The lowest BCUT2D eigenvalue weighted by molar-refractivity contribution is -0.148. The van der Waals surface area contributed by atoms with Crippen molar-refractivity contribution in [3.8, 4) is 0 Å². The van der Waals surface area contributed by atoms with Crippen LogP contribution in [0.3, 0.4) is 0 Å². The van der Waals surface area contributed by atoms with E-state index in [0.29, 0.717) is 0 Å². The first-order valence-electron chi connectivity index (χ1n) is 3.20. The average Bonchev–Trinajstić information content (AvgIpc) is 1.94. The highest BCUT2D eigenvalue weighted by Gasteiger charge is 2.34. The summed E-state index contributed by atoms with van der Waals surface area (Å²) in [4.78, 5) is 10.3. The van der Waals surface area contributed by atoms with E-state index in [1.807, 2.05) is 0 Å². The zero-order chi connectivity index (χ0) is 8.43. The molecule has 3 atom stereocenters. The maximum atomic E-state index is 10.3. The van der Waals surface area contributed by atoms with E-state index in [4.69, 9.17) is 15.3 Å². The van der Waals surface area contributed by atoms with Crippen molar-refractivity contribution in [2.75, 3.05) is 6.54 Å². The van der Waals surface area contributed by atoms with Crippen LogP contribution < -0.4 is 10.9 Å². The van der Waals surface area contributed by atoms with Crippen molar-refractivity contribution in [3.05, 3.63) is 0 Å². The number of rotatable bonds is 1. The Kier molecular flexibility index (Phi) is 2.40. The molecular formula is C5H10N2O4. The van der Waals surface area contributed by atoms with E-state index < -0.39 is 24.2 Å². The summed E-state index contributed by atoms with van der Waals surface area (Å²) in [5.74, 6) is -1.19. The lowest BCUT2D eigenvalue weighted by Gasteiger charge is -2.30. The smallest absolute Gasteiger partial charge is 0.324 e. The standard InChI is InChI=1S/C5H10N2O4/c8-2-1-6-7-3(4(2)9)5(10)11/h2-4,6-9H,1H2,(H,10,11)/t2-,3-,4+/m0/s1. The summed E-state index contributed by atoms with van der Waals surface area (Å²) in [6.45, 7) is 0.144. The van der Waals surface area contributed by atoms with Gasteiger partial charge in [-0.3, -0.25) is 10.2 Å². The van der Waals surface area contributed by atoms with Crippen LogP contribution in [-0.4, -0.2) is 46.1 Å². The first-order valence-corrected chi connectivity index (χ1v) is 3.20. The molecule has 1 fully saturated rings. The van der Waals surface area contributed by atoms with Crippen LogP contribution in [0.5, 0.6) is 0 Å². The van der Waals surface area contributed by atoms with Crippen LogP contribution in [0.4, 0.5) is 0 Å². The summed E-state index contributed by atoms with van der Waals surface area (Å²) in [6, 6.07) is -1.14. The number of aliphatic carboxylic acids is 1. The number of carbonyl (C=O) groups is 1. The minimum atomic E-state index is -1.26. The third-order valence-electron chi connectivity index (χ3n) is 1.57. The van der Waals surface area contributed by atoms with Gasteiger partial charge in [0.15, 0.2) is 0 Å². The average molecular weight is 162 g/mol. The molecule has 1 saturated heterocycles. The Labute approximate surface area is 62.8 Å². The van der Waals surface area contributed by atoms with Crippen molar-refractivity contribution in [3.63, 3.8) is 0 Å². The second-order valence-electron chi connectivity index (χ2n) is 2.40. The first-order chi connectivity index (χ1) is 5.13. The van der Waals surface area contributed by atoms with Crippen molar-refractivity contribution >= 4 is 5.97 Å². The molecule has 1 aliphatic heterocycles. The lowest BCUT2D eigenvalue weighted by Crippen LogP contribution is -2.63. The normalized spacial score (nSPS) is 38.5. The number of hydrogen-bond acceptors (Lipinski definition) is 5. The van der Waals surface area contributed by atoms with Gasteiger partial charge in [-0.25, -0.2) is 5.43 Å². The molecule has 11 heavy (non-hydrogen) atoms. The van der Waals surface area contributed by atoms with Gasteiger partial charge < -0.3 is 15.3 Å². The van der Waals surface area contributed by atoms with E-state index in [9.17, 15) is 4.79 Å². The number of nitrogens with one attached hydrogen (secondary N) is 2. The molecule has 1 rings (SSSR count). The molecule has 0 aliphatic carbocycles. The summed E-state index contributed by atoms with van der Waals surface area (Å²) in [5.41, 5.74) is 4.79. The van der Waals surface area contributed by atoms with E-state index in [2.05, 4.69) is 10.9 Å². The van der Waals surface area contributed by atoms with Crippen LogP contribution in [0.15, 0.2) is 0 Å². The maximum absolute atomic E-state index is 10.3. The zero-order valence-corrected chi connectivity index (χ0v) is 5.69. The number of hydrogen-bond donors (Lipinski definition) is 5. The fourth-order valence-corrected chi connectivity index (χ4v) is 0.910. The Hall–Kier alpha value is -0.690. The Balaban J connectivity index is 2.58. The number of hydrazine groups is 1. The molecule has 0 saturated carbocycles. The van der Waals surface area contributed by atoms with Gasteiger partial charge in [0.05, 0.1) is 6.10 Å². The molecule has 0 spiro atoms. The Morgan fingerprint density at radius 3 is 2.55 bits per heavy atom. The molecule has 0 aromatic carbocycles. The van der Waals surface area contributed by atoms with E-state index >= 15 is 0 Å².